The molecular weight excluding hydrogens is 124 g/mol. The summed E-state index contributed by atoms with van der Waals surface area (Å²) in [7, 11) is 0. The van der Waals surface area contributed by atoms with E-state index in [0.29, 0.717) is 10.7 Å². The van der Waals surface area contributed by atoms with Crippen LogP contribution in [-0.4, -0.2) is 4.98 Å². The van der Waals surface area contributed by atoms with Crippen molar-refractivity contribution in [3.8, 4) is 0 Å². The molecule has 1 aromatic heterocycles. The fraction of sp³-hybridized carbons (Fsp3) is 0. The fourth-order valence-electron chi connectivity index (χ4n) is 0.349. The summed E-state index contributed by atoms with van der Waals surface area (Å²) in [6.45, 7) is 0. The van der Waals surface area contributed by atoms with E-state index >= 15 is 0 Å². The Morgan fingerprint density at radius 3 is 2.88 bits per heavy atom. The molecule has 0 spiro atoms. The molecule has 0 saturated heterocycles. The zero-order valence-electron chi connectivity index (χ0n) is 4.06. The van der Waals surface area contributed by atoms with Crippen LogP contribution in [0.3, 0.4) is 0 Å². The Morgan fingerprint density at radius 2 is 2.50 bits per heavy atom. The first-order valence-electron chi connectivity index (χ1n) is 2.08. The summed E-state index contributed by atoms with van der Waals surface area (Å²) >= 11 is 5.47. The van der Waals surface area contributed by atoms with Gasteiger partial charge in [0.2, 0.25) is 0 Å². The molecule has 3 heteroatoms. The highest BCUT2D eigenvalue weighted by molar-refractivity contribution is 6.32. The van der Waals surface area contributed by atoms with Crippen molar-refractivity contribution in [2.75, 3.05) is 5.73 Å². The molecule has 0 amide bonds. The Bertz CT molecular complexity index is 167. The minimum absolute atomic E-state index is 0.382. The average molecular weight is 128 g/mol. The van der Waals surface area contributed by atoms with Crippen molar-refractivity contribution in [2.24, 2.45) is 0 Å². The van der Waals surface area contributed by atoms with Gasteiger partial charge in [0.15, 0.2) is 0 Å². The highest BCUT2D eigenvalue weighted by Gasteiger charge is 1.89. The molecule has 0 bridgehead atoms. The summed E-state index contributed by atoms with van der Waals surface area (Å²) in [4.78, 5) is 3.61. The van der Waals surface area contributed by atoms with Crippen LogP contribution in [0.4, 0.5) is 5.69 Å². The van der Waals surface area contributed by atoms with Gasteiger partial charge in [-0.1, -0.05) is 11.6 Å². The molecule has 1 heterocycles. The third-order valence-corrected chi connectivity index (χ3v) is 1.05. The predicted octanol–water partition coefficient (Wildman–Crippen LogP) is 1.12. The molecule has 1 aromatic rings. The van der Waals surface area contributed by atoms with E-state index in [1.807, 2.05) is 0 Å². The molecule has 0 saturated carbocycles. The minimum atomic E-state index is 0.382. The summed E-state index contributed by atoms with van der Waals surface area (Å²) in [6.07, 6.45) is 4.03. The number of rotatable bonds is 0. The number of hydrogen-bond donors (Lipinski definition) is 1. The van der Waals surface area contributed by atoms with Gasteiger partial charge in [0, 0.05) is 6.20 Å². The monoisotopic (exact) mass is 127 g/mol. The van der Waals surface area contributed by atoms with Gasteiger partial charge in [-0.25, -0.2) is 0 Å². The molecule has 1 rings (SSSR count). The summed E-state index contributed by atoms with van der Waals surface area (Å²) in [5.41, 5.74) is 5.83. The number of nitrogen functional groups attached to an aromatic ring is 1. The normalized spacial score (nSPS) is 9.12. The quantitative estimate of drug-likeness (QED) is 0.567. The Balaban J connectivity index is 3.13. The number of hydrogen-bond acceptors (Lipinski definition) is 2. The number of nitrogens with two attached hydrogens (primary N) is 1. The van der Waals surface area contributed by atoms with E-state index in [2.05, 4.69) is 11.2 Å². The van der Waals surface area contributed by atoms with E-state index in [0.717, 1.165) is 0 Å². The van der Waals surface area contributed by atoms with Crippen molar-refractivity contribution in [3.05, 3.63) is 23.5 Å². The molecule has 0 aliphatic rings. The van der Waals surface area contributed by atoms with Crippen molar-refractivity contribution in [3.63, 3.8) is 0 Å². The lowest BCUT2D eigenvalue weighted by Gasteiger charge is -1.89. The Labute approximate surface area is 52.3 Å². The first-order chi connectivity index (χ1) is 3.80. The first-order valence-corrected chi connectivity index (χ1v) is 2.46. The highest BCUT2D eigenvalue weighted by Crippen LogP contribution is 2.12. The van der Waals surface area contributed by atoms with Gasteiger partial charge in [-0.05, 0) is 6.07 Å². The van der Waals surface area contributed by atoms with Crippen LogP contribution in [-0.2, 0) is 0 Å². The third kappa shape index (κ3) is 0.898. The van der Waals surface area contributed by atoms with E-state index in [4.69, 9.17) is 17.3 Å². The topological polar surface area (TPSA) is 38.9 Å². The van der Waals surface area contributed by atoms with E-state index in [9.17, 15) is 0 Å². The fourth-order valence-corrected chi connectivity index (χ4v) is 0.461. The second-order valence-electron chi connectivity index (χ2n) is 1.33. The molecule has 0 fully saturated rings. The zero-order chi connectivity index (χ0) is 5.98. The maximum absolute atomic E-state index is 5.47. The van der Waals surface area contributed by atoms with E-state index < -0.39 is 0 Å². The third-order valence-electron chi connectivity index (χ3n) is 0.745. The standard InChI is InChI=1S/C5H4ClN2/c6-4-3-8-2-1-5(4)7/h1-2H,(H2,7,8). The lowest BCUT2D eigenvalue weighted by atomic mass is 10.4. The van der Waals surface area contributed by atoms with E-state index in [1.165, 1.54) is 0 Å². The Kier molecular flexibility index (Phi) is 1.35. The Hall–Kier alpha value is -0.760. The zero-order valence-corrected chi connectivity index (χ0v) is 4.81. The van der Waals surface area contributed by atoms with Gasteiger partial charge in [0.25, 0.3) is 0 Å². The largest absolute Gasteiger partial charge is 0.397 e. The van der Waals surface area contributed by atoms with Crippen molar-refractivity contribution in [1.82, 2.24) is 4.98 Å². The van der Waals surface area contributed by atoms with Crippen LogP contribution in [0.1, 0.15) is 0 Å². The molecule has 41 valence electrons. The lowest BCUT2D eigenvalue weighted by Crippen LogP contribution is -1.85. The molecule has 0 atom stereocenters. The number of anilines is 1. The summed E-state index contributed by atoms with van der Waals surface area (Å²) < 4.78 is 0. The van der Waals surface area contributed by atoms with Gasteiger partial charge in [0.1, 0.15) is 6.20 Å². The highest BCUT2D eigenvalue weighted by atomic mass is 35.5. The first kappa shape index (κ1) is 5.38. The summed E-state index contributed by atoms with van der Waals surface area (Å²) in [6, 6.07) is 1.62. The minimum Gasteiger partial charge on any atom is -0.397 e. The van der Waals surface area contributed by atoms with Crippen LogP contribution in [0.15, 0.2) is 12.3 Å². The number of pyridine rings is 1. The molecule has 2 nitrogen and oxygen atoms in total. The van der Waals surface area contributed by atoms with Crippen LogP contribution in [0, 0.1) is 6.20 Å². The maximum atomic E-state index is 5.47. The number of aromatic nitrogens is 1. The van der Waals surface area contributed by atoms with Gasteiger partial charge in [0.05, 0.1) is 10.7 Å². The molecule has 2 N–H and O–H groups in total. The second kappa shape index (κ2) is 2.01. The summed E-state index contributed by atoms with van der Waals surface area (Å²) in [5.74, 6) is 0. The van der Waals surface area contributed by atoms with Crippen LogP contribution in [0.5, 0.6) is 0 Å². The number of nitrogens with zero attached hydrogens (tertiary/aromatic N) is 1. The molecule has 0 aromatic carbocycles. The van der Waals surface area contributed by atoms with Crippen molar-refractivity contribution < 1.29 is 0 Å². The van der Waals surface area contributed by atoms with E-state index in [1.54, 1.807) is 12.3 Å². The lowest BCUT2D eigenvalue weighted by molar-refractivity contribution is 1.32. The van der Waals surface area contributed by atoms with Gasteiger partial charge in [-0.3, -0.25) is 4.98 Å². The average Bonchev–Trinajstić information content (AvgIpc) is 1.77. The van der Waals surface area contributed by atoms with Crippen molar-refractivity contribution >= 4 is 17.3 Å². The molecule has 1 radical (unpaired) electrons. The SMILES string of the molecule is Nc1ccn[c]c1Cl. The maximum Gasteiger partial charge on any atom is 0.111 e. The van der Waals surface area contributed by atoms with Crippen molar-refractivity contribution in [1.29, 1.82) is 0 Å². The van der Waals surface area contributed by atoms with Gasteiger partial charge in [-0.15, -0.1) is 0 Å². The van der Waals surface area contributed by atoms with Gasteiger partial charge < -0.3 is 5.73 Å². The smallest absolute Gasteiger partial charge is 0.111 e. The van der Waals surface area contributed by atoms with Crippen LogP contribution in [0.2, 0.25) is 5.02 Å². The summed E-state index contributed by atoms with van der Waals surface area (Å²) in [5, 5.41) is 0.382. The van der Waals surface area contributed by atoms with Gasteiger partial charge in [-0.2, -0.15) is 0 Å². The van der Waals surface area contributed by atoms with Crippen LogP contribution in [0.25, 0.3) is 0 Å². The van der Waals surface area contributed by atoms with Crippen LogP contribution >= 0.6 is 11.6 Å². The van der Waals surface area contributed by atoms with E-state index in [-0.39, 0.29) is 0 Å². The van der Waals surface area contributed by atoms with Crippen molar-refractivity contribution in [2.45, 2.75) is 0 Å². The molecular formula is C5H4ClN2. The Morgan fingerprint density at radius 1 is 1.75 bits per heavy atom. The number of halogens is 1. The predicted molar refractivity (Wildman–Crippen MR) is 32.5 cm³/mol. The molecule has 8 heavy (non-hydrogen) atoms. The molecule has 0 aliphatic heterocycles. The van der Waals surface area contributed by atoms with Gasteiger partial charge >= 0.3 is 0 Å². The molecule has 0 aliphatic carbocycles. The second-order valence-corrected chi connectivity index (χ2v) is 1.70. The van der Waals surface area contributed by atoms with Crippen LogP contribution < -0.4 is 5.73 Å². The molecule has 0 unspecified atom stereocenters.